The lowest BCUT2D eigenvalue weighted by Crippen LogP contribution is -2.21. The molecule has 1 fully saturated rings. The van der Waals surface area contributed by atoms with Crippen LogP contribution in [0.3, 0.4) is 0 Å². The summed E-state index contributed by atoms with van der Waals surface area (Å²) in [5.74, 6) is -1.70. The van der Waals surface area contributed by atoms with Gasteiger partial charge in [-0.15, -0.1) is 0 Å². The summed E-state index contributed by atoms with van der Waals surface area (Å²) in [5.41, 5.74) is -0.0389. The van der Waals surface area contributed by atoms with E-state index in [1.807, 2.05) is 0 Å². The van der Waals surface area contributed by atoms with Gasteiger partial charge in [-0.2, -0.15) is 14.0 Å². The van der Waals surface area contributed by atoms with E-state index in [-0.39, 0.29) is 18.6 Å². The van der Waals surface area contributed by atoms with E-state index in [0.29, 0.717) is 31.2 Å². The third-order valence-electron chi connectivity index (χ3n) is 3.89. The molecule has 2 nitrogen and oxygen atoms in total. The molecule has 1 saturated carbocycles. The molecule has 0 saturated heterocycles. The van der Waals surface area contributed by atoms with E-state index in [9.17, 15) is 17.6 Å². The maximum atomic E-state index is 13.6. The molecule has 0 bridgehead atoms. The molecule has 1 aromatic carbocycles. The largest absolute Gasteiger partial charge is 0.374 e. The number of nitrogens with zero attached hydrogens (tertiary/aromatic N) is 1. The van der Waals surface area contributed by atoms with Gasteiger partial charge < -0.3 is 4.74 Å². The van der Waals surface area contributed by atoms with Crippen LogP contribution in [0.15, 0.2) is 24.3 Å². The molecule has 1 aliphatic rings. The van der Waals surface area contributed by atoms with Gasteiger partial charge in [-0.25, -0.2) is 8.78 Å². The first kappa shape index (κ1) is 16.5. The zero-order valence-electron chi connectivity index (χ0n) is 11.8. The van der Waals surface area contributed by atoms with Gasteiger partial charge in [-0.1, -0.05) is 0 Å². The summed E-state index contributed by atoms with van der Waals surface area (Å²) in [7, 11) is 0. The molecule has 0 heterocycles. The Balaban J connectivity index is 1.95. The summed E-state index contributed by atoms with van der Waals surface area (Å²) >= 11 is 0. The first-order chi connectivity index (χ1) is 10.5. The first-order valence-electron chi connectivity index (χ1n) is 7.03. The standard InChI is InChI=1S/C16H15F4NO/c17-14-7-11(8-15(18)13(14)9-21)10-1-3-12(4-2-10)22-6-5-16(19)20/h5,7-8,10,12H,1-4,6H2. The molecule has 0 N–H and O–H groups in total. The Morgan fingerprint density at radius 2 is 1.77 bits per heavy atom. The van der Waals surface area contributed by atoms with Gasteiger partial charge in [0.2, 0.25) is 0 Å². The predicted octanol–water partition coefficient (Wildman–Crippen LogP) is 4.66. The molecule has 0 radical (unpaired) electrons. The van der Waals surface area contributed by atoms with Crippen LogP contribution >= 0.6 is 0 Å². The number of hydrogen-bond acceptors (Lipinski definition) is 2. The highest BCUT2D eigenvalue weighted by Gasteiger charge is 2.24. The number of halogens is 4. The Labute approximate surface area is 126 Å². The van der Waals surface area contributed by atoms with Crippen LogP contribution in [0.5, 0.6) is 0 Å². The lowest BCUT2D eigenvalue weighted by atomic mass is 9.82. The molecule has 2 rings (SSSR count). The summed E-state index contributed by atoms with van der Waals surface area (Å²) in [6.45, 7) is -0.127. The number of ether oxygens (including phenoxy) is 1. The Bertz CT molecular complexity index is 574. The molecular formula is C16H15F4NO. The molecule has 0 atom stereocenters. The summed E-state index contributed by atoms with van der Waals surface area (Å²) in [4.78, 5) is 0. The Hall–Kier alpha value is -1.87. The summed E-state index contributed by atoms with van der Waals surface area (Å²) in [5, 5.41) is 8.65. The summed E-state index contributed by atoms with van der Waals surface area (Å²) < 4.78 is 56.3. The average molecular weight is 313 g/mol. The number of hydrogen-bond donors (Lipinski definition) is 0. The van der Waals surface area contributed by atoms with Crippen molar-refractivity contribution >= 4 is 0 Å². The topological polar surface area (TPSA) is 33.0 Å². The predicted molar refractivity (Wildman–Crippen MR) is 72.3 cm³/mol. The SMILES string of the molecule is N#Cc1c(F)cc(C2CCC(OCC=C(F)F)CC2)cc1F. The molecule has 0 unspecified atom stereocenters. The van der Waals surface area contributed by atoms with E-state index in [0.717, 1.165) is 6.08 Å². The Morgan fingerprint density at radius 1 is 1.18 bits per heavy atom. The van der Waals surface area contributed by atoms with Crippen LogP contribution in [0.1, 0.15) is 42.7 Å². The van der Waals surface area contributed by atoms with E-state index in [1.165, 1.54) is 18.2 Å². The molecule has 118 valence electrons. The lowest BCUT2D eigenvalue weighted by Gasteiger charge is -2.28. The van der Waals surface area contributed by atoms with E-state index < -0.39 is 23.3 Å². The second-order valence-corrected chi connectivity index (χ2v) is 5.27. The van der Waals surface area contributed by atoms with Gasteiger partial charge >= 0.3 is 0 Å². The van der Waals surface area contributed by atoms with Crippen molar-refractivity contribution in [3.05, 3.63) is 47.1 Å². The summed E-state index contributed by atoms with van der Waals surface area (Å²) in [6.07, 6.45) is 1.47. The molecule has 1 aromatic rings. The quantitative estimate of drug-likeness (QED) is 0.757. The fourth-order valence-electron chi connectivity index (χ4n) is 2.75. The van der Waals surface area contributed by atoms with Crippen molar-refractivity contribution in [2.45, 2.75) is 37.7 Å². The van der Waals surface area contributed by atoms with Crippen LogP contribution in [0, 0.1) is 23.0 Å². The summed E-state index contributed by atoms with van der Waals surface area (Å²) in [6, 6.07) is 3.90. The van der Waals surface area contributed by atoms with Gasteiger partial charge in [-0.05, 0) is 49.3 Å². The lowest BCUT2D eigenvalue weighted by molar-refractivity contribution is 0.0410. The van der Waals surface area contributed by atoms with Crippen LogP contribution in [-0.2, 0) is 4.74 Å². The second kappa shape index (κ2) is 7.41. The third-order valence-corrected chi connectivity index (χ3v) is 3.89. The van der Waals surface area contributed by atoms with Crippen molar-refractivity contribution < 1.29 is 22.3 Å². The van der Waals surface area contributed by atoms with Gasteiger partial charge in [-0.3, -0.25) is 0 Å². The highest BCUT2D eigenvalue weighted by Crippen LogP contribution is 2.35. The number of nitriles is 1. The van der Waals surface area contributed by atoms with E-state index in [1.54, 1.807) is 0 Å². The molecule has 22 heavy (non-hydrogen) atoms. The second-order valence-electron chi connectivity index (χ2n) is 5.27. The van der Waals surface area contributed by atoms with E-state index >= 15 is 0 Å². The highest BCUT2D eigenvalue weighted by molar-refractivity contribution is 5.36. The average Bonchev–Trinajstić information content (AvgIpc) is 2.47. The Morgan fingerprint density at radius 3 is 2.27 bits per heavy atom. The van der Waals surface area contributed by atoms with Gasteiger partial charge in [0.1, 0.15) is 23.3 Å². The maximum Gasteiger partial charge on any atom is 0.268 e. The first-order valence-corrected chi connectivity index (χ1v) is 7.03. The van der Waals surface area contributed by atoms with Crippen LogP contribution in [0.25, 0.3) is 0 Å². The van der Waals surface area contributed by atoms with Crippen LogP contribution < -0.4 is 0 Å². The van der Waals surface area contributed by atoms with Crippen molar-refractivity contribution in [2.75, 3.05) is 6.61 Å². The minimum absolute atomic E-state index is 0.00922. The minimum atomic E-state index is -1.77. The number of rotatable bonds is 4. The molecule has 0 amide bonds. The number of benzene rings is 1. The zero-order chi connectivity index (χ0) is 16.1. The Kier molecular flexibility index (Phi) is 5.56. The normalized spacial score (nSPS) is 21.2. The minimum Gasteiger partial charge on any atom is -0.374 e. The van der Waals surface area contributed by atoms with Crippen molar-refractivity contribution in [2.24, 2.45) is 0 Å². The van der Waals surface area contributed by atoms with E-state index in [4.69, 9.17) is 10.00 Å². The van der Waals surface area contributed by atoms with Crippen molar-refractivity contribution in [1.29, 1.82) is 5.26 Å². The van der Waals surface area contributed by atoms with Crippen molar-refractivity contribution in [3.63, 3.8) is 0 Å². The van der Waals surface area contributed by atoms with Crippen molar-refractivity contribution in [3.8, 4) is 6.07 Å². The van der Waals surface area contributed by atoms with Gasteiger partial charge in [0, 0.05) is 6.08 Å². The highest BCUT2D eigenvalue weighted by atomic mass is 19.3. The third kappa shape index (κ3) is 4.08. The maximum absolute atomic E-state index is 13.6. The van der Waals surface area contributed by atoms with Gasteiger partial charge in [0.25, 0.3) is 6.08 Å². The van der Waals surface area contributed by atoms with Gasteiger partial charge in [0.05, 0.1) is 12.7 Å². The molecule has 0 aromatic heterocycles. The molecule has 1 aliphatic carbocycles. The van der Waals surface area contributed by atoms with Gasteiger partial charge in [0.15, 0.2) is 0 Å². The smallest absolute Gasteiger partial charge is 0.268 e. The van der Waals surface area contributed by atoms with Crippen molar-refractivity contribution in [1.82, 2.24) is 0 Å². The monoisotopic (exact) mass is 313 g/mol. The van der Waals surface area contributed by atoms with Crippen LogP contribution in [0.4, 0.5) is 17.6 Å². The fourth-order valence-corrected chi connectivity index (χ4v) is 2.75. The molecular weight excluding hydrogens is 298 g/mol. The molecule has 6 heteroatoms. The van der Waals surface area contributed by atoms with Crippen LogP contribution in [-0.4, -0.2) is 12.7 Å². The zero-order valence-corrected chi connectivity index (χ0v) is 11.8. The fraction of sp³-hybridized carbons (Fsp3) is 0.438. The molecule has 0 aliphatic heterocycles. The molecule has 0 spiro atoms. The van der Waals surface area contributed by atoms with Crippen LogP contribution in [0.2, 0.25) is 0 Å². The van der Waals surface area contributed by atoms with E-state index in [2.05, 4.69) is 0 Å².